The summed E-state index contributed by atoms with van der Waals surface area (Å²) in [4.78, 5) is 13.7. The minimum atomic E-state index is 0.167. The summed E-state index contributed by atoms with van der Waals surface area (Å²) in [6, 6.07) is 12.3. The van der Waals surface area contributed by atoms with Gasteiger partial charge in [-0.05, 0) is 48.7 Å². The predicted molar refractivity (Wildman–Crippen MR) is 106 cm³/mol. The number of rotatable bonds is 5. The Hall–Kier alpha value is -2.24. The minimum Gasteiger partial charge on any atom is -0.486 e. The number of halogens is 1. The maximum atomic E-state index is 11.9. The van der Waals surface area contributed by atoms with E-state index in [0.29, 0.717) is 42.7 Å². The van der Waals surface area contributed by atoms with E-state index in [2.05, 4.69) is 24.4 Å². The molecule has 0 saturated carbocycles. The second kappa shape index (κ2) is 7.79. The van der Waals surface area contributed by atoms with Crippen LogP contribution in [0.5, 0.6) is 11.5 Å². The molecule has 6 heteroatoms. The quantitative estimate of drug-likeness (QED) is 0.840. The third kappa shape index (κ3) is 3.89. The number of nitrogens with zero attached hydrogens (tertiary/aromatic N) is 1. The standard InChI is InChI=1S/C21H23ClN2O3/c1-14(16-4-6-17(7-5-16)24-8-2-3-20(24)25)23-13-15-11-18(22)21-19(12-15)26-9-10-27-21/h4-7,11-12,14,23H,2-3,8-10,13H2,1H3. The number of hydrogen-bond donors (Lipinski definition) is 1. The molecule has 0 spiro atoms. The lowest BCUT2D eigenvalue weighted by atomic mass is 10.1. The van der Waals surface area contributed by atoms with Crippen molar-refractivity contribution in [1.29, 1.82) is 0 Å². The van der Waals surface area contributed by atoms with E-state index in [1.807, 2.05) is 29.2 Å². The highest BCUT2D eigenvalue weighted by Crippen LogP contribution is 2.38. The van der Waals surface area contributed by atoms with Crippen molar-refractivity contribution in [2.45, 2.75) is 32.4 Å². The molecule has 0 bridgehead atoms. The van der Waals surface area contributed by atoms with E-state index in [0.717, 1.165) is 24.2 Å². The predicted octanol–water partition coefficient (Wildman–Crippen LogP) is 4.09. The topological polar surface area (TPSA) is 50.8 Å². The second-order valence-corrected chi connectivity index (χ2v) is 7.35. The second-order valence-electron chi connectivity index (χ2n) is 6.94. The zero-order valence-electron chi connectivity index (χ0n) is 15.3. The first-order chi connectivity index (χ1) is 13.1. The summed E-state index contributed by atoms with van der Waals surface area (Å²) < 4.78 is 11.2. The van der Waals surface area contributed by atoms with Gasteiger partial charge < -0.3 is 19.7 Å². The fourth-order valence-corrected chi connectivity index (χ4v) is 3.81. The molecular formula is C21H23ClN2O3. The fourth-order valence-electron chi connectivity index (χ4n) is 3.52. The van der Waals surface area contributed by atoms with Crippen LogP contribution in [0.15, 0.2) is 36.4 Å². The normalized spacial score (nSPS) is 17.3. The molecule has 1 fully saturated rings. The molecule has 1 N–H and O–H groups in total. The number of hydrogen-bond acceptors (Lipinski definition) is 4. The van der Waals surface area contributed by atoms with Crippen LogP contribution in [0.4, 0.5) is 5.69 Å². The van der Waals surface area contributed by atoms with Crippen LogP contribution in [0, 0.1) is 0 Å². The summed E-state index contributed by atoms with van der Waals surface area (Å²) >= 11 is 6.31. The van der Waals surface area contributed by atoms with Gasteiger partial charge in [-0.2, -0.15) is 0 Å². The molecule has 0 radical (unpaired) electrons. The van der Waals surface area contributed by atoms with Crippen molar-refractivity contribution in [3.8, 4) is 11.5 Å². The van der Waals surface area contributed by atoms with E-state index in [4.69, 9.17) is 21.1 Å². The fraction of sp³-hybridized carbons (Fsp3) is 0.381. The van der Waals surface area contributed by atoms with Crippen molar-refractivity contribution in [1.82, 2.24) is 5.32 Å². The number of fused-ring (bicyclic) bond motifs is 1. The summed E-state index contributed by atoms with van der Waals surface area (Å²) in [6.45, 7) is 4.68. The van der Waals surface area contributed by atoms with Crippen LogP contribution in [-0.2, 0) is 11.3 Å². The number of ether oxygens (including phenoxy) is 2. The van der Waals surface area contributed by atoms with Gasteiger partial charge in [0.25, 0.3) is 0 Å². The van der Waals surface area contributed by atoms with Crippen molar-refractivity contribution in [2.24, 2.45) is 0 Å². The van der Waals surface area contributed by atoms with E-state index in [1.165, 1.54) is 5.56 Å². The Morgan fingerprint density at radius 3 is 2.70 bits per heavy atom. The Bertz CT molecular complexity index is 838. The third-order valence-electron chi connectivity index (χ3n) is 5.05. The van der Waals surface area contributed by atoms with Gasteiger partial charge in [-0.3, -0.25) is 4.79 Å². The van der Waals surface area contributed by atoms with Crippen molar-refractivity contribution in [3.63, 3.8) is 0 Å². The van der Waals surface area contributed by atoms with E-state index >= 15 is 0 Å². The van der Waals surface area contributed by atoms with E-state index < -0.39 is 0 Å². The summed E-state index contributed by atoms with van der Waals surface area (Å²) in [7, 11) is 0. The number of anilines is 1. The van der Waals surface area contributed by atoms with Gasteiger partial charge in [0, 0.05) is 31.2 Å². The number of carbonyl (C=O) groups excluding carboxylic acids is 1. The van der Waals surface area contributed by atoms with Crippen molar-refractivity contribution in [2.75, 3.05) is 24.7 Å². The Morgan fingerprint density at radius 1 is 1.19 bits per heavy atom. The molecule has 4 rings (SSSR count). The van der Waals surface area contributed by atoms with Gasteiger partial charge in [-0.1, -0.05) is 23.7 Å². The lowest BCUT2D eigenvalue weighted by molar-refractivity contribution is -0.117. The Morgan fingerprint density at radius 2 is 1.96 bits per heavy atom. The highest BCUT2D eigenvalue weighted by atomic mass is 35.5. The smallest absolute Gasteiger partial charge is 0.227 e. The third-order valence-corrected chi connectivity index (χ3v) is 5.33. The molecule has 2 aromatic rings. The van der Waals surface area contributed by atoms with Gasteiger partial charge in [-0.15, -0.1) is 0 Å². The molecule has 2 aliphatic heterocycles. The summed E-state index contributed by atoms with van der Waals surface area (Å²) in [5.41, 5.74) is 3.21. The van der Waals surface area contributed by atoms with E-state index in [9.17, 15) is 4.79 Å². The van der Waals surface area contributed by atoms with Gasteiger partial charge in [0.15, 0.2) is 11.5 Å². The monoisotopic (exact) mass is 386 g/mol. The molecule has 1 atom stereocenters. The maximum absolute atomic E-state index is 11.9. The maximum Gasteiger partial charge on any atom is 0.227 e. The van der Waals surface area contributed by atoms with Crippen LogP contribution in [0.25, 0.3) is 0 Å². The summed E-state index contributed by atoms with van der Waals surface area (Å²) in [6.07, 6.45) is 1.59. The van der Waals surface area contributed by atoms with Crippen molar-refractivity contribution in [3.05, 3.63) is 52.5 Å². The Labute approximate surface area is 164 Å². The van der Waals surface area contributed by atoms with Crippen molar-refractivity contribution >= 4 is 23.2 Å². The minimum absolute atomic E-state index is 0.167. The molecule has 2 heterocycles. The molecule has 0 aliphatic carbocycles. The first-order valence-electron chi connectivity index (χ1n) is 9.33. The van der Waals surface area contributed by atoms with Gasteiger partial charge in [0.2, 0.25) is 5.91 Å². The molecule has 2 aliphatic rings. The zero-order chi connectivity index (χ0) is 18.8. The molecule has 27 heavy (non-hydrogen) atoms. The van der Waals surface area contributed by atoms with Crippen LogP contribution < -0.4 is 19.7 Å². The molecule has 1 amide bonds. The average molecular weight is 387 g/mol. The first kappa shape index (κ1) is 18.1. The number of nitrogens with one attached hydrogen (secondary N) is 1. The highest BCUT2D eigenvalue weighted by molar-refractivity contribution is 6.32. The zero-order valence-corrected chi connectivity index (χ0v) is 16.1. The average Bonchev–Trinajstić information content (AvgIpc) is 3.12. The molecule has 1 unspecified atom stereocenters. The van der Waals surface area contributed by atoms with Gasteiger partial charge >= 0.3 is 0 Å². The van der Waals surface area contributed by atoms with Crippen LogP contribution in [-0.4, -0.2) is 25.7 Å². The largest absolute Gasteiger partial charge is 0.486 e. The molecule has 142 valence electrons. The van der Waals surface area contributed by atoms with Gasteiger partial charge in [-0.25, -0.2) is 0 Å². The Balaban J connectivity index is 1.40. The molecular weight excluding hydrogens is 364 g/mol. The highest BCUT2D eigenvalue weighted by Gasteiger charge is 2.21. The van der Waals surface area contributed by atoms with E-state index in [1.54, 1.807) is 0 Å². The van der Waals surface area contributed by atoms with Crippen LogP contribution in [0.3, 0.4) is 0 Å². The Kier molecular flexibility index (Phi) is 5.23. The molecule has 5 nitrogen and oxygen atoms in total. The molecule has 0 aromatic heterocycles. The lowest BCUT2D eigenvalue weighted by Gasteiger charge is -2.21. The van der Waals surface area contributed by atoms with Gasteiger partial charge in [0.05, 0.1) is 5.02 Å². The van der Waals surface area contributed by atoms with Crippen molar-refractivity contribution < 1.29 is 14.3 Å². The number of amides is 1. The van der Waals surface area contributed by atoms with Crippen LogP contribution in [0.2, 0.25) is 5.02 Å². The van der Waals surface area contributed by atoms with E-state index in [-0.39, 0.29) is 11.9 Å². The number of benzene rings is 2. The molecule has 2 aromatic carbocycles. The SMILES string of the molecule is CC(NCc1cc(Cl)c2c(c1)OCCO2)c1ccc(N2CCCC2=O)cc1. The summed E-state index contributed by atoms with van der Waals surface area (Å²) in [5, 5.41) is 4.09. The first-order valence-corrected chi connectivity index (χ1v) is 9.71. The van der Waals surface area contributed by atoms with Crippen LogP contribution >= 0.6 is 11.6 Å². The van der Waals surface area contributed by atoms with Crippen LogP contribution in [0.1, 0.15) is 36.9 Å². The van der Waals surface area contributed by atoms with Gasteiger partial charge in [0.1, 0.15) is 13.2 Å². The number of carbonyl (C=O) groups is 1. The summed E-state index contributed by atoms with van der Waals surface area (Å²) in [5.74, 6) is 1.55. The molecule has 1 saturated heterocycles. The lowest BCUT2D eigenvalue weighted by Crippen LogP contribution is -2.23.